The molecule has 1 saturated carbocycles. The second-order valence-corrected chi connectivity index (χ2v) is 4.25. The highest BCUT2D eigenvalue weighted by Crippen LogP contribution is 2.28. The van der Waals surface area contributed by atoms with Crippen LogP contribution in [0, 0.1) is 5.92 Å². The number of rotatable bonds is 3. The molecule has 4 N–H and O–H groups in total. The molecule has 1 aliphatic rings. The lowest BCUT2D eigenvalue weighted by Crippen LogP contribution is -2.32. The number of H-pyrrole nitrogens is 1. The molecule has 2 rings (SSSR count). The second-order valence-electron chi connectivity index (χ2n) is 4.25. The molecule has 1 heterocycles. The first-order chi connectivity index (χ1) is 7.29. The summed E-state index contributed by atoms with van der Waals surface area (Å²) in [6.07, 6.45) is 6.40. The Morgan fingerprint density at radius 3 is 2.93 bits per heavy atom. The normalized spacial score (nSPS) is 26.5. The van der Waals surface area contributed by atoms with E-state index in [0.717, 1.165) is 5.92 Å². The molecule has 5 nitrogen and oxygen atoms in total. The molecule has 0 aromatic carbocycles. The Hall–Kier alpha value is -1.26. The van der Waals surface area contributed by atoms with E-state index in [-0.39, 0.29) is 0 Å². The lowest BCUT2D eigenvalue weighted by atomic mass is 9.83. The number of nitrogen functional groups attached to an aromatic ring is 1. The van der Waals surface area contributed by atoms with Crippen molar-refractivity contribution in [1.29, 1.82) is 0 Å². The molecule has 1 aliphatic carbocycles. The molecule has 1 fully saturated rings. The number of nitrogens with zero attached hydrogens (tertiary/aromatic N) is 2. The van der Waals surface area contributed by atoms with E-state index in [0.29, 0.717) is 17.9 Å². The molecule has 2 atom stereocenters. The van der Waals surface area contributed by atoms with Crippen LogP contribution < -0.4 is 11.1 Å². The Morgan fingerprint density at radius 2 is 2.27 bits per heavy atom. The van der Waals surface area contributed by atoms with E-state index >= 15 is 0 Å². The van der Waals surface area contributed by atoms with Crippen molar-refractivity contribution in [2.45, 2.75) is 45.1 Å². The zero-order valence-electron chi connectivity index (χ0n) is 9.16. The lowest BCUT2D eigenvalue weighted by molar-refractivity contribution is 0.316. The van der Waals surface area contributed by atoms with Gasteiger partial charge in [-0.3, -0.25) is 0 Å². The third kappa shape index (κ3) is 2.40. The van der Waals surface area contributed by atoms with Crippen LogP contribution in [0.3, 0.4) is 0 Å². The van der Waals surface area contributed by atoms with Crippen LogP contribution in [0.2, 0.25) is 0 Å². The molecule has 0 bridgehead atoms. The van der Waals surface area contributed by atoms with E-state index in [2.05, 4.69) is 27.4 Å². The van der Waals surface area contributed by atoms with Gasteiger partial charge in [-0.15, -0.1) is 5.10 Å². The summed E-state index contributed by atoms with van der Waals surface area (Å²) < 4.78 is 0. The van der Waals surface area contributed by atoms with Crippen molar-refractivity contribution in [3.05, 3.63) is 0 Å². The predicted octanol–water partition coefficient (Wildman–Crippen LogP) is 1.77. The minimum Gasteiger partial charge on any atom is -0.368 e. The number of aromatic nitrogens is 3. The van der Waals surface area contributed by atoms with E-state index in [1.807, 2.05) is 0 Å². The zero-order valence-corrected chi connectivity index (χ0v) is 9.16. The number of aromatic amines is 1. The summed E-state index contributed by atoms with van der Waals surface area (Å²) in [5.74, 6) is 1.76. The Morgan fingerprint density at radius 1 is 1.47 bits per heavy atom. The molecule has 0 aliphatic heterocycles. The molecule has 1 aromatic rings. The van der Waals surface area contributed by atoms with Gasteiger partial charge in [0.15, 0.2) is 0 Å². The van der Waals surface area contributed by atoms with Gasteiger partial charge in [-0.2, -0.15) is 4.98 Å². The average molecular weight is 209 g/mol. The predicted molar refractivity (Wildman–Crippen MR) is 60.5 cm³/mol. The van der Waals surface area contributed by atoms with Gasteiger partial charge in [-0.05, 0) is 18.8 Å². The molecular weight excluding hydrogens is 190 g/mol. The van der Waals surface area contributed by atoms with Gasteiger partial charge in [0.2, 0.25) is 11.9 Å². The maximum Gasteiger partial charge on any atom is 0.243 e. The molecular formula is C10H19N5. The number of nitrogens with one attached hydrogen (secondary N) is 2. The first kappa shape index (κ1) is 10.3. The minimum absolute atomic E-state index is 0.376. The van der Waals surface area contributed by atoms with E-state index in [1.54, 1.807) is 0 Å². The second kappa shape index (κ2) is 4.51. The lowest BCUT2D eigenvalue weighted by Gasteiger charge is -2.30. The molecule has 15 heavy (non-hydrogen) atoms. The quantitative estimate of drug-likeness (QED) is 0.708. The van der Waals surface area contributed by atoms with Gasteiger partial charge in [0.1, 0.15) is 0 Å². The fraction of sp³-hybridized carbons (Fsp3) is 0.800. The fourth-order valence-electron chi connectivity index (χ4n) is 2.39. The largest absolute Gasteiger partial charge is 0.368 e. The summed E-state index contributed by atoms with van der Waals surface area (Å²) in [6, 6.07) is 0.513. The minimum atomic E-state index is 0.376. The van der Waals surface area contributed by atoms with Crippen LogP contribution in [0.4, 0.5) is 11.9 Å². The molecule has 5 heteroatoms. The maximum atomic E-state index is 5.48. The van der Waals surface area contributed by atoms with Crippen LogP contribution in [0.5, 0.6) is 0 Å². The third-order valence-electron chi connectivity index (χ3n) is 3.25. The van der Waals surface area contributed by atoms with Crippen LogP contribution in [-0.4, -0.2) is 21.2 Å². The standard InChI is InChI=1S/C10H19N5/c1-2-7-5-3-4-6-8(7)12-10-13-9(11)14-15-10/h7-8H,2-6H2,1H3,(H4,11,12,13,14,15). The summed E-state index contributed by atoms with van der Waals surface area (Å²) in [7, 11) is 0. The average Bonchev–Trinajstić information content (AvgIpc) is 2.65. The van der Waals surface area contributed by atoms with Crippen molar-refractivity contribution in [3.8, 4) is 0 Å². The fourth-order valence-corrected chi connectivity index (χ4v) is 2.39. The van der Waals surface area contributed by atoms with Gasteiger partial charge in [0.25, 0.3) is 0 Å². The van der Waals surface area contributed by atoms with Crippen molar-refractivity contribution in [1.82, 2.24) is 15.2 Å². The summed E-state index contributed by atoms with van der Waals surface area (Å²) in [5, 5.41) is 10.0. The van der Waals surface area contributed by atoms with Crippen LogP contribution in [0.25, 0.3) is 0 Å². The molecule has 0 saturated heterocycles. The highest BCUT2D eigenvalue weighted by Gasteiger charge is 2.24. The number of anilines is 2. The van der Waals surface area contributed by atoms with Crippen molar-refractivity contribution in [2.24, 2.45) is 5.92 Å². The summed E-state index contributed by atoms with van der Waals surface area (Å²) in [5.41, 5.74) is 5.48. The van der Waals surface area contributed by atoms with Gasteiger partial charge >= 0.3 is 0 Å². The molecule has 2 unspecified atom stereocenters. The Labute approximate surface area is 89.9 Å². The highest BCUT2D eigenvalue weighted by atomic mass is 15.3. The van der Waals surface area contributed by atoms with Gasteiger partial charge in [0.05, 0.1) is 0 Å². The van der Waals surface area contributed by atoms with Crippen molar-refractivity contribution >= 4 is 11.9 Å². The highest BCUT2D eigenvalue weighted by molar-refractivity contribution is 5.31. The SMILES string of the molecule is CCC1CCCCC1Nc1n[nH]c(N)n1. The van der Waals surface area contributed by atoms with Gasteiger partial charge in [-0.1, -0.05) is 26.2 Å². The third-order valence-corrected chi connectivity index (χ3v) is 3.25. The first-order valence-electron chi connectivity index (χ1n) is 5.74. The Bertz CT molecular complexity index is 309. The van der Waals surface area contributed by atoms with Gasteiger partial charge in [-0.25, -0.2) is 5.10 Å². The monoisotopic (exact) mass is 209 g/mol. The van der Waals surface area contributed by atoms with Crippen LogP contribution >= 0.6 is 0 Å². The topological polar surface area (TPSA) is 79.6 Å². The van der Waals surface area contributed by atoms with Crippen molar-refractivity contribution < 1.29 is 0 Å². The van der Waals surface area contributed by atoms with E-state index < -0.39 is 0 Å². The van der Waals surface area contributed by atoms with E-state index in [1.165, 1.54) is 32.1 Å². The molecule has 0 radical (unpaired) electrons. The van der Waals surface area contributed by atoms with Crippen LogP contribution in [0.15, 0.2) is 0 Å². The van der Waals surface area contributed by atoms with Crippen molar-refractivity contribution in [3.63, 3.8) is 0 Å². The number of hydrogen-bond acceptors (Lipinski definition) is 4. The van der Waals surface area contributed by atoms with Crippen LogP contribution in [-0.2, 0) is 0 Å². The molecule has 1 aromatic heterocycles. The number of nitrogens with two attached hydrogens (primary N) is 1. The maximum absolute atomic E-state index is 5.48. The molecule has 84 valence electrons. The van der Waals surface area contributed by atoms with E-state index in [4.69, 9.17) is 5.73 Å². The van der Waals surface area contributed by atoms with Gasteiger partial charge < -0.3 is 11.1 Å². The van der Waals surface area contributed by atoms with Crippen molar-refractivity contribution in [2.75, 3.05) is 11.1 Å². The Balaban J connectivity index is 1.97. The smallest absolute Gasteiger partial charge is 0.243 e. The summed E-state index contributed by atoms with van der Waals surface area (Å²) in [6.45, 7) is 2.25. The molecule has 0 amide bonds. The summed E-state index contributed by atoms with van der Waals surface area (Å²) >= 11 is 0. The summed E-state index contributed by atoms with van der Waals surface area (Å²) in [4.78, 5) is 4.07. The Kier molecular flexibility index (Phi) is 3.08. The zero-order chi connectivity index (χ0) is 10.7. The van der Waals surface area contributed by atoms with Crippen LogP contribution in [0.1, 0.15) is 39.0 Å². The number of hydrogen-bond donors (Lipinski definition) is 3. The molecule has 0 spiro atoms. The first-order valence-corrected chi connectivity index (χ1v) is 5.74. The van der Waals surface area contributed by atoms with Gasteiger partial charge in [0, 0.05) is 6.04 Å². The van der Waals surface area contributed by atoms with E-state index in [9.17, 15) is 0 Å².